The maximum atomic E-state index is 12.5. The molecule has 5 nitrogen and oxygen atoms in total. The van der Waals surface area contributed by atoms with Crippen molar-refractivity contribution in [1.29, 1.82) is 0 Å². The second kappa shape index (κ2) is 9.21. The van der Waals surface area contributed by atoms with E-state index < -0.39 is 0 Å². The minimum atomic E-state index is -0.228. The summed E-state index contributed by atoms with van der Waals surface area (Å²) < 4.78 is 5.37. The van der Waals surface area contributed by atoms with Crippen LogP contribution in [0.15, 0.2) is 72.8 Å². The molecule has 0 atom stereocenters. The number of benzene rings is 3. The molecule has 0 spiro atoms. The standard InChI is InChI=1S/C21H18ClN3O2S/c1-27-19-12-7-14(20(26)23-16-5-3-2-4-6-16)13-18(19)25-21(28)24-17-10-8-15(22)9-11-17/h2-13H,1H3,(H,23,26)(H2,24,25,28). The van der Waals surface area contributed by atoms with Crippen LogP contribution in [0.1, 0.15) is 10.4 Å². The Morgan fingerprint density at radius 1 is 0.893 bits per heavy atom. The minimum absolute atomic E-state index is 0.228. The number of rotatable bonds is 5. The van der Waals surface area contributed by atoms with Gasteiger partial charge in [0.05, 0.1) is 12.8 Å². The van der Waals surface area contributed by atoms with Gasteiger partial charge in [-0.15, -0.1) is 0 Å². The van der Waals surface area contributed by atoms with Gasteiger partial charge in [-0.05, 0) is 66.8 Å². The lowest BCUT2D eigenvalue weighted by Gasteiger charge is -2.15. The quantitative estimate of drug-likeness (QED) is 0.490. The minimum Gasteiger partial charge on any atom is -0.495 e. The van der Waals surface area contributed by atoms with E-state index in [2.05, 4.69) is 16.0 Å². The highest BCUT2D eigenvalue weighted by Crippen LogP contribution is 2.26. The zero-order chi connectivity index (χ0) is 19.9. The maximum absolute atomic E-state index is 12.5. The Morgan fingerprint density at radius 3 is 2.25 bits per heavy atom. The lowest BCUT2D eigenvalue weighted by molar-refractivity contribution is 0.102. The SMILES string of the molecule is COc1ccc(C(=O)Nc2ccccc2)cc1NC(=S)Nc1ccc(Cl)cc1. The van der Waals surface area contributed by atoms with Gasteiger partial charge in [-0.3, -0.25) is 4.79 Å². The van der Waals surface area contributed by atoms with Crippen LogP contribution >= 0.6 is 23.8 Å². The molecule has 0 fully saturated rings. The number of carbonyl (C=O) groups is 1. The van der Waals surface area contributed by atoms with Gasteiger partial charge in [0, 0.05) is 22.0 Å². The van der Waals surface area contributed by atoms with Crippen molar-refractivity contribution in [1.82, 2.24) is 0 Å². The largest absolute Gasteiger partial charge is 0.495 e. The van der Waals surface area contributed by atoms with Crippen molar-refractivity contribution >= 4 is 51.9 Å². The summed E-state index contributed by atoms with van der Waals surface area (Å²) in [4.78, 5) is 12.5. The average molecular weight is 412 g/mol. The monoisotopic (exact) mass is 411 g/mol. The first kappa shape index (κ1) is 19.7. The van der Waals surface area contributed by atoms with E-state index in [1.165, 1.54) is 0 Å². The number of carbonyl (C=O) groups excluding carboxylic acids is 1. The van der Waals surface area contributed by atoms with E-state index in [1.807, 2.05) is 42.5 Å². The lowest BCUT2D eigenvalue weighted by Crippen LogP contribution is -2.20. The average Bonchev–Trinajstić information content (AvgIpc) is 2.70. The molecule has 28 heavy (non-hydrogen) atoms. The Hall–Kier alpha value is -3.09. The van der Waals surface area contributed by atoms with Crippen molar-refractivity contribution < 1.29 is 9.53 Å². The summed E-state index contributed by atoms with van der Waals surface area (Å²) in [5.41, 5.74) is 2.56. The van der Waals surface area contributed by atoms with Gasteiger partial charge in [-0.25, -0.2) is 0 Å². The van der Waals surface area contributed by atoms with Crippen LogP contribution in [0.5, 0.6) is 5.75 Å². The zero-order valence-electron chi connectivity index (χ0n) is 15.0. The molecule has 0 unspecified atom stereocenters. The summed E-state index contributed by atoms with van der Waals surface area (Å²) in [7, 11) is 1.56. The summed E-state index contributed by atoms with van der Waals surface area (Å²) >= 11 is 11.3. The highest BCUT2D eigenvalue weighted by Gasteiger charge is 2.12. The number of halogens is 1. The summed E-state index contributed by atoms with van der Waals surface area (Å²) in [6, 6.07) is 21.5. The maximum Gasteiger partial charge on any atom is 0.255 e. The van der Waals surface area contributed by atoms with Crippen LogP contribution in [0.2, 0.25) is 5.02 Å². The van der Waals surface area contributed by atoms with E-state index in [9.17, 15) is 4.79 Å². The fraction of sp³-hybridized carbons (Fsp3) is 0.0476. The molecule has 0 radical (unpaired) electrons. The van der Waals surface area contributed by atoms with Crippen LogP contribution in [0.3, 0.4) is 0 Å². The van der Waals surface area contributed by atoms with E-state index in [0.717, 1.165) is 11.4 Å². The number of para-hydroxylation sites is 1. The third-order valence-corrected chi connectivity index (χ3v) is 4.30. The predicted octanol–water partition coefficient (Wildman–Crippen LogP) is 5.41. The number of amides is 1. The van der Waals surface area contributed by atoms with Crippen LogP contribution in [0.25, 0.3) is 0 Å². The first-order valence-electron chi connectivity index (χ1n) is 8.43. The van der Waals surface area contributed by atoms with Gasteiger partial charge >= 0.3 is 0 Å². The molecule has 1 amide bonds. The normalized spacial score (nSPS) is 10.1. The molecule has 0 aromatic heterocycles. The fourth-order valence-electron chi connectivity index (χ4n) is 2.49. The first-order valence-corrected chi connectivity index (χ1v) is 9.22. The molecular weight excluding hydrogens is 394 g/mol. The van der Waals surface area contributed by atoms with Gasteiger partial charge in [0.1, 0.15) is 5.75 Å². The Balaban J connectivity index is 1.74. The number of nitrogens with one attached hydrogen (secondary N) is 3. The molecule has 0 bridgehead atoms. The number of ether oxygens (including phenoxy) is 1. The van der Waals surface area contributed by atoms with Crippen molar-refractivity contribution in [3.05, 3.63) is 83.4 Å². The molecule has 3 aromatic carbocycles. The van der Waals surface area contributed by atoms with Crippen molar-refractivity contribution in [2.24, 2.45) is 0 Å². The predicted molar refractivity (Wildman–Crippen MR) is 119 cm³/mol. The number of methoxy groups -OCH3 is 1. The summed E-state index contributed by atoms with van der Waals surface area (Å²) in [5, 5.41) is 9.99. The molecule has 3 aromatic rings. The van der Waals surface area contributed by atoms with Crippen molar-refractivity contribution in [3.8, 4) is 5.75 Å². The van der Waals surface area contributed by atoms with Crippen molar-refractivity contribution in [3.63, 3.8) is 0 Å². The van der Waals surface area contributed by atoms with E-state index in [1.54, 1.807) is 37.4 Å². The fourth-order valence-corrected chi connectivity index (χ4v) is 2.84. The van der Waals surface area contributed by atoms with Gasteiger partial charge < -0.3 is 20.7 Å². The molecule has 0 aliphatic heterocycles. The molecule has 3 rings (SSSR count). The van der Waals surface area contributed by atoms with E-state index >= 15 is 0 Å². The molecule has 0 aliphatic carbocycles. The summed E-state index contributed by atoms with van der Waals surface area (Å²) in [6.07, 6.45) is 0. The second-order valence-corrected chi connectivity index (χ2v) is 6.67. The third-order valence-electron chi connectivity index (χ3n) is 3.84. The highest BCUT2D eigenvalue weighted by molar-refractivity contribution is 7.80. The molecule has 0 aliphatic rings. The van der Waals surface area contributed by atoms with Gasteiger partial charge in [0.2, 0.25) is 0 Å². The third kappa shape index (κ3) is 5.22. The number of hydrogen-bond acceptors (Lipinski definition) is 3. The molecule has 0 saturated carbocycles. The highest BCUT2D eigenvalue weighted by atomic mass is 35.5. The topological polar surface area (TPSA) is 62.4 Å². The molecule has 0 saturated heterocycles. The molecule has 3 N–H and O–H groups in total. The van der Waals surface area contributed by atoms with Gasteiger partial charge in [0.25, 0.3) is 5.91 Å². The van der Waals surface area contributed by atoms with Gasteiger partial charge in [-0.2, -0.15) is 0 Å². The molecule has 0 heterocycles. The number of hydrogen-bond donors (Lipinski definition) is 3. The lowest BCUT2D eigenvalue weighted by atomic mass is 10.1. The summed E-state index contributed by atoms with van der Waals surface area (Å²) in [6.45, 7) is 0. The Morgan fingerprint density at radius 2 is 1.57 bits per heavy atom. The van der Waals surface area contributed by atoms with Crippen LogP contribution in [0, 0.1) is 0 Å². The van der Waals surface area contributed by atoms with E-state index in [4.69, 9.17) is 28.6 Å². The van der Waals surface area contributed by atoms with Crippen LogP contribution in [0.4, 0.5) is 17.1 Å². The Labute approximate surface area is 173 Å². The zero-order valence-corrected chi connectivity index (χ0v) is 16.6. The molecule has 7 heteroatoms. The second-order valence-electron chi connectivity index (χ2n) is 5.82. The van der Waals surface area contributed by atoms with Crippen LogP contribution in [-0.4, -0.2) is 18.1 Å². The Kier molecular flexibility index (Phi) is 6.47. The molecular formula is C21H18ClN3O2S. The summed E-state index contributed by atoms with van der Waals surface area (Å²) in [5.74, 6) is 0.338. The number of anilines is 3. The van der Waals surface area contributed by atoms with E-state index in [0.29, 0.717) is 27.1 Å². The Bertz CT molecular complexity index is 979. The van der Waals surface area contributed by atoms with E-state index in [-0.39, 0.29) is 5.91 Å². The smallest absolute Gasteiger partial charge is 0.255 e. The van der Waals surface area contributed by atoms with Crippen molar-refractivity contribution in [2.45, 2.75) is 0 Å². The first-order chi connectivity index (χ1) is 13.5. The van der Waals surface area contributed by atoms with Crippen LogP contribution < -0.4 is 20.7 Å². The van der Waals surface area contributed by atoms with Gasteiger partial charge in [0.15, 0.2) is 5.11 Å². The van der Waals surface area contributed by atoms with Crippen molar-refractivity contribution in [2.75, 3.05) is 23.1 Å². The molecule has 142 valence electrons. The van der Waals surface area contributed by atoms with Crippen LogP contribution in [-0.2, 0) is 0 Å². The van der Waals surface area contributed by atoms with Gasteiger partial charge in [-0.1, -0.05) is 29.8 Å². The number of thiocarbonyl (C=S) groups is 1.